The minimum atomic E-state index is -0.405. The van der Waals surface area contributed by atoms with Gasteiger partial charge in [-0.05, 0) is 48.5 Å². The van der Waals surface area contributed by atoms with Gasteiger partial charge in [0.25, 0.3) is 0 Å². The van der Waals surface area contributed by atoms with E-state index >= 15 is 0 Å². The third kappa shape index (κ3) is 9.21. The number of ether oxygens (including phenoxy) is 2. The highest BCUT2D eigenvalue weighted by molar-refractivity contribution is 7.80. The van der Waals surface area contributed by atoms with Gasteiger partial charge < -0.3 is 20.1 Å². The van der Waals surface area contributed by atoms with Crippen LogP contribution in [0.25, 0.3) is 0 Å². The Bertz CT molecular complexity index is 794. The van der Waals surface area contributed by atoms with E-state index in [1.807, 2.05) is 61.5 Å². The number of rotatable bonds is 10. The molecule has 0 aliphatic rings. The summed E-state index contributed by atoms with van der Waals surface area (Å²) >= 11 is 5.13. The molecule has 154 valence electrons. The van der Waals surface area contributed by atoms with Crippen molar-refractivity contribution < 1.29 is 19.1 Å². The van der Waals surface area contributed by atoms with Crippen molar-refractivity contribution in [3.63, 3.8) is 0 Å². The number of thiocarbonyl (C=S) groups is 1. The normalized spacial score (nSPS) is 10.1. The van der Waals surface area contributed by atoms with Crippen molar-refractivity contribution in [2.45, 2.75) is 32.6 Å². The molecule has 0 atom stereocenters. The molecule has 0 heterocycles. The van der Waals surface area contributed by atoms with E-state index in [2.05, 4.69) is 10.6 Å². The van der Waals surface area contributed by atoms with Crippen LogP contribution in [0.1, 0.15) is 31.7 Å². The molecule has 0 fully saturated rings. The van der Waals surface area contributed by atoms with Gasteiger partial charge in [-0.2, -0.15) is 0 Å². The van der Waals surface area contributed by atoms with Crippen LogP contribution >= 0.6 is 12.2 Å². The predicted octanol–water partition coefficient (Wildman–Crippen LogP) is 3.85. The van der Waals surface area contributed by atoms with E-state index in [1.165, 1.54) is 0 Å². The predicted molar refractivity (Wildman–Crippen MR) is 117 cm³/mol. The van der Waals surface area contributed by atoms with E-state index in [0.29, 0.717) is 19.6 Å². The van der Waals surface area contributed by atoms with Gasteiger partial charge in [-0.15, -0.1) is 0 Å². The van der Waals surface area contributed by atoms with E-state index < -0.39 is 5.97 Å². The zero-order valence-electron chi connectivity index (χ0n) is 16.5. The molecule has 2 N–H and O–H groups in total. The summed E-state index contributed by atoms with van der Waals surface area (Å²) in [4.78, 5) is 23.7. The molecule has 0 saturated heterocycles. The Labute approximate surface area is 176 Å². The lowest BCUT2D eigenvalue weighted by molar-refractivity contribution is -0.144. The van der Waals surface area contributed by atoms with Crippen LogP contribution in [0.2, 0.25) is 0 Å². The molecule has 2 rings (SSSR count). The lowest BCUT2D eigenvalue weighted by Crippen LogP contribution is -2.34. The SMILES string of the molecule is CCCOc1ccc(NC(=S)NC(=O)CCC(=O)OCCc2ccccc2)cc1. The Hall–Kier alpha value is -2.93. The number of amides is 1. The Kier molecular flexibility index (Phi) is 9.65. The van der Waals surface area contributed by atoms with Gasteiger partial charge in [-0.25, -0.2) is 0 Å². The van der Waals surface area contributed by atoms with Crippen molar-refractivity contribution in [1.82, 2.24) is 5.32 Å². The number of benzene rings is 2. The molecule has 2 aromatic carbocycles. The standard InChI is InChI=1S/C22H26N2O4S/c1-2-15-27-19-10-8-18(9-11-19)23-22(29)24-20(25)12-13-21(26)28-16-14-17-6-4-3-5-7-17/h3-11H,2,12-16H2,1H3,(H2,23,24,25,29). The van der Waals surface area contributed by atoms with Crippen molar-refractivity contribution in [3.05, 3.63) is 60.2 Å². The van der Waals surface area contributed by atoms with E-state index in [1.54, 1.807) is 0 Å². The third-order valence-electron chi connectivity index (χ3n) is 3.89. The summed E-state index contributed by atoms with van der Waals surface area (Å²) in [6.07, 6.45) is 1.61. The van der Waals surface area contributed by atoms with Gasteiger partial charge in [0.05, 0.1) is 19.6 Å². The number of nitrogens with one attached hydrogen (secondary N) is 2. The van der Waals surface area contributed by atoms with Gasteiger partial charge in [0.2, 0.25) is 5.91 Å². The Morgan fingerprint density at radius 3 is 2.38 bits per heavy atom. The third-order valence-corrected chi connectivity index (χ3v) is 4.09. The van der Waals surface area contributed by atoms with Crippen molar-refractivity contribution in [3.8, 4) is 5.75 Å². The molecule has 0 aliphatic heterocycles. The molecule has 1 amide bonds. The van der Waals surface area contributed by atoms with Crippen LogP contribution in [-0.2, 0) is 20.7 Å². The maximum Gasteiger partial charge on any atom is 0.306 e. The van der Waals surface area contributed by atoms with Crippen LogP contribution in [0.5, 0.6) is 5.75 Å². The monoisotopic (exact) mass is 414 g/mol. The van der Waals surface area contributed by atoms with Crippen molar-refractivity contribution in [2.24, 2.45) is 0 Å². The maximum absolute atomic E-state index is 11.9. The summed E-state index contributed by atoms with van der Waals surface area (Å²) in [6.45, 7) is 3.00. The first kappa shape index (κ1) is 22.4. The lowest BCUT2D eigenvalue weighted by atomic mass is 10.2. The fraction of sp³-hybridized carbons (Fsp3) is 0.318. The lowest BCUT2D eigenvalue weighted by Gasteiger charge is -2.10. The van der Waals surface area contributed by atoms with Gasteiger partial charge in [-0.3, -0.25) is 9.59 Å². The fourth-order valence-corrected chi connectivity index (χ4v) is 2.65. The van der Waals surface area contributed by atoms with E-state index in [4.69, 9.17) is 21.7 Å². The van der Waals surface area contributed by atoms with Gasteiger partial charge >= 0.3 is 5.97 Å². The summed E-state index contributed by atoms with van der Waals surface area (Å²) < 4.78 is 10.7. The summed E-state index contributed by atoms with van der Waals surface area (Å²) in [7, 11) is 0. The Morgan fingerprint density at radius 2 is 1.69 bits per heavy atom. The number of esters is 1. The molecule has 7 heteroatoms. The summed E-state index contributed by atoms with van der Waals surface area (Å²) in [6, 6.07) is 17.0. The number of carbonyl (C=O) groups is 2. The Balaban J connectivity index is 1.62. The molecule has 0 aromatic heterocycles. The zero-order chi connectivity index (χ0) is 20.9. The molecule has 0 spiro atoms. The molecular weight excluding hydrogens is 388 g/mol. The Morgan fingerprint density at radius 1 is 0.966 bits per heavy atom. The highest BCUT2D eigenvalue weighted by atomic mass is 32.1. The average molecular weight is 415 g/mol. The topological polar surface area (TPSA) is 76.7 Å². The molecule has 6 nitrogen and oxygen atoms in total. The molecule has 29 heavy (non-hydrogen) atoms. The maximum atomic E-state index is 11.9. The first-order valence-electron chi connectivity index (χ1n) is 9.60. The van der Waals surface area contributed by atoms with Crippen molar-refractivity contribution in [2.75, 3.05) is 18.5 Å². The van der Waals surface area contributed by atoms with Crippen LogP contribution in [0.15, 0.2) is 54.6 Å². The second-order valence-corrected chi connectivity index (χ2v) is 6.74. The van der Waals surface area contributed by atoms with Crippen molar-refractivity contribution in [1.29, 1.82) is 0 Å². The van der Waals surface area contributed by atoms with Crippen LogP contribution in [-0.4, -0.2) is 30.2 Å². The van der Waals surface area contributed by atoms with Gasteiger partial charge in [-0.1, -0.05) is 37.3 Å². The molecule has 2 aromatic rings. The smallest absolute Gasteiger partial charge is 0.306 e. The van der Waals surface area contributed by atoms with Crippen molar-refractivity contribution >= 4 is 34.9 Å². The molecule has 0 radical (unpaired) electrons. The minimum absolute atomic E-state index is 0.00665. The largest absolute Gasteiger partial charge is 0.494 e. The van der Waals surface area contributed by atoms with Crippen LogP contribution in [0.3, 0.4) is 0 Å². The van der Waals surface area contributed by atoms with Gasteiger partial charge in [0, 0.05) is 18.5 Å². The molecular formula is C22H26N2O4S. The summed E-state index contributed by atoms with van der Waals surface area (Å²) in [5.41, 5.74) is 1.83. The summed E-state index contributed by atoms with van der Waals surface area (Å²) in [5.74, 6) is 0.0289. The van der Waals surface area contributed by atoms with Crippen LogP contribution < -0.4 is 15.4 Å². The highest BCUT2D eigenvalue weighted by Gasteiger charge is 2.10. The average Bonchev–Trinajstić information content (AvgIpc) is 2.72. The van der Waals surface area contributed by atoms with Gasteiger partial charge in [0.15, 0.2) is 5.11 Å². The van der Waals surface area contributed by atoms with E-state index in [0.717, 1.165) is 23.4 Å². The van der Waals surface area contributed by atoms with E-state index in [-0.39, 0.29) is 23.9 Å². The quantitative estimate of drug-likeness (QED) is 0.454. The number of hydrogen-bond acceptors (Lipinski definition) is 5. The number of anilines is 1. The second kappa shape index (κ2) is 12.5. The van der Waals surface area contributed by atoms with E-state index in [9.17, 15) is 9.59 Å². The fourth-order valence-electron chi connectivity index (χ4n) is 2.42. The molecule has 0 bridgehead atoms. The summed E-state index contributed by atoms with van der Waals surface area (Å²) in [5, 5.41) is 5.66. The minimum Gasteiger partial charge on any atom is -0.494 e. The number of hydrogen-bond donors (Lipinski definition) is 2. The number of carbonyl (C=O) groups excluding carboxylic acids is 2. The zero-order valence-corrected chi connectivity index (χ0v) is 17.3. The van der Waals surface area contributed by atoms with Crippen LogP contribution in [0, 0.1) is 0 Å². The molecule has 0 aliphatic carbocycles. The first-order valence-corrected chi connectivity index (χ1v) is 10.0. The highest BCUT2D eigenvalue weighted by Crippen LogP contribution is 2.15. The first-order chi connectivity index (χ1) is 14.1. The molecule has 0 saturated carbocycles. The van der Waals surface area contributed by atoms with Gasteiger partial charge in [0.1, 0.15) is 5.75 Å². The molecule has 0 unspecified atom stereocenters. The second-order valence-electron chi connectivity index (χ2n) is 6.33. The van der Waals surface area contributed by atoms with Crippen LogP contribution in [0.4, 0.5) is 5.69 Å².